The highest BCUT2D eigenvalue weighted by atomic mass is 32.2. The van der Waals surface area contributed by atoms with Crippen molar-refractivity contribution in [1.29, 1.82) is 5.26 Å². The molecule has 4 nitrogen and oxygen atoms in total. The molecule has 0 aromatic heterocycles. The van der Waals surface area contributed by atoms with E-state index in [0.29, 0.717) is 23.5 Å². The van der Waals surface area contributed by atoms with Crippen molar-refractivity contribution in [2.24, 2.45) is 0 Å². The molecule has 0 saturated heterocycles. The number of rotatable bonds is 4. The lowest BCUT2D eigenvalue weighted by molar-refractivity contribution is 0.687. The van der Waals surface area contributed by atoms with E-state index < -0.39 is 10.8 Å². The molecular weight excluding hydrogens is 210 g/mol. The summed E-state index contributed by atoms with van der Waals surface area (Å²) in [6.07, 6.45) is 1.65. The molecule has 80 valence electrons. The molecule has 0 fully saturated rings. The second-order valence-electron chi connectivity index (χ2n) is 3.12. The van der Waals surface area contributed by atoms with Gasteiger partial charge >= 0.3 is 0 Å². The van der Waals surface area contributed by atoms with Crippen LogP contribution in [0.25, 0.3) is 0 Å². The minimum absolute atomic E-state index is 0.511. The summed E-state index contributed by atoms with van der Waals surface area (Å²) >= 11 is 0. The number of hydrogen-bond donors (Lipinski definition) is 2. The zero-order valence-corrected chi connectivity index (χ0v) is 9.30. The summed E-state index contributed by atoms with van der Waals surface area (Å²) in [6.45, 7) is 0.585. The summed E-state index contributed by atoms with van der Waals surface area (Å²) in [5.41, 5.74) is 7.36. The van der Waals surface area contributed by atoms with Gasteiger partial charge in [0.1, 0.15) is 6.07 Å². The van der Waals surface area contributed by atoms with E-state index in [1.807, 2.05) is 0 Å². The molecule has 1 aromatic carbocycles. The van der Waals surface area contributed by atoms with E-state index in [0.717, 1.165) is 5.69 Å². The first-order chi connectivity index (χ1) is 7.13. The van der Waals surface area contributed by atoms with Gasteiger partial charge in [-0.25, -0.2) is 0 Å². The van der Waals surface area contributed by atoms with E-state index in [4.69, 9.17) is 11.0 Å². The summed E-state index contributed by atoms with van der Waals surface area (Å²) in [4.78, 5) is 0. The largest absolute Gasteiger partial charge is 0.399 e. The predicted octanol–water partition coefficient (Wildman–Crippen LogP) is 0.931. The third kappa shape index (κ3) is 3.60. The van der Waals surface area contributed by atoms with Crippen LogP contribution in [0.2, 0.25) is 0 Å². The maximum atomic E-state index is 10.8. The number of hydrogen-bond acceptors (Lipinski definition) is 4. The van der Waals surface area contributed by atoms with E-state index in [9.17, 15) is 4.21 Å². The molecule has 0 saturated carbocycles. The number of anilines is 2. The molecule has 1 aromatic rings. The van der Waals surface area contributed by atoms with Gasteiger partial charge in [0.15, 0.2) is 0 Å². The Kier molecular flexibility index (Phi) is 4.13. The van der Waals surface area contributed by atoms with Crippen molar-refractivity contribution in [1.82, 2.24) is 0 Å². The van der Waals surface area contributed by atoms with Crippen molar-refractivity contribution >= 4 is 22.2 Å². The molecule has 0 bridgehead atoms. The molecule has 0 aliphatic rings. The van der Waals surface area contributed by atoms with Gasteiger partial charge in [-0.2, -0.15) is 5.26 Å². The molecule has 0 spiro atoms. The first-order valence-electron chi connectivity index (χ1n) is 4.47. The first kappa shape index (κ1) is 11.5. The van der Waals surface area contributed by atoms with Gasteiger partial charge in [0.05, 0.1) is 11.3 Å². The molecule has 15 heavy (non-hydrogen) atoms. The average Bonchev–Trinajstić information content (AvgIpc) is 2.19. The lowest BCUT2D eigenvalue weighted by atomic mass is 10.2. The van der Waals surface area contributed by atoms with Crippen LogP contribution in [0.4, 0.5) is 11.4 Å². The third-order valence-electron chi connectivity index (χ3n) is 1.87. The van der Waals surface area contributed by atoms with E-state index >= 15 is 0 Å². The number of benzene rings is 1. The van der Waals surface area contributed by atoms with Crippen molar-refractivity contribution in [3.63, 3.8) is 0 Å². The highest BCUT2D eigenvalue weighted by Crippen LogP contribution is 2.17. The fourth-order valence-corrected chi connectivity index (χ4v) is 1.53. The summed E-state index contributed by atoms with van der Waals surface area (Å²) < 4.78 is 10.8. The lowest BCUT2D eigenvalue weighted by Crippen LogP contribution is -2.10. The SMILES string of the molecule is CS(=O)CCNc1ccc(N)cc1C#N. The summed E-state index contributed by atoms with van der Waals surface area (Å²) in [5, 5.41) is 11.9. The predicted molar refractivity (Wildman–Crippen MR) is 63.0 cm³/mol. The highest BCUT2D eigenvalue weighted by molar-refractivity contribution is 7.84. The Bertz CT molecular complexity index is 412. The second-order valence-corrected chi connectivity index (χ2v) is 4.68. The Morgan fingerprint density at radius 2 is 2.33 bits per heavy atom. The number of nitrogens with two attached hydrogens (primary N) is 1. The minimum atomic E-state index is -0.822. The molecule has 0 amide bonds. The average molecular weight is 223 g/mol. The van der Waals surface area contributed by atoms with Crippen molar-refractivity contribution < 1.29 is 4.21 Å². The van der Waals surface area contributed by atoms with Crippen LogP contribution in [-0.2, 0) is 10.8 Å². The highest BCUT2D eigenvalue weighted by Gasteiger charge is 2.01. The topological polar surface area (TPSA) is 78.9 Å². The molecule has 5 heteroatoms. The van der Waals surface area contributed by atoms with Gasteiger partial charge in [-0.05, 0) is 18.2 Å². The Hall–Kier alpha value is -1.54. The molecule has 0 aliphatic heterocycles. The zero-order valence-electron chi connectivity index (χ0n) is 8.49. The Balaban J connectivity index is 2.69. The second kappa shape index (κ2) is 5.37. The molecule has 1 atom stereocenters. The number of nitrogens with one attached hydrogen (secondary N) is 1. The van der Waals surface area contributed by atoms with Crippen molar-refractivity contribution in [2.75, 3.05) is 29.6 Å². The molecule has 3 N–H and O–H groups in total. The van der Waals surface area contributed by atoms with Gasteiger partial charge in [0, 0.05) is 35.0 Å². The smallest absolute Gasteiger partial charge is 0.101 e. The van der Waals surface area contributed by atoms with Gasteiger partial charge in [-0.3, -0.25) is 4.21 Å². The monoisotopic (exact) mass is 223 g/mol. The van der Waals surface area contributed by atoms with Crippen LogP contribution in [-0.4, -0.2) is 22.8 Å². The number of nitrogens with zero attached hydrogens (tertiary/aromatic N) is 1. The summed E-state index contributed by atoms with van der Waals surface area (Å²) in [7, 11) is -0.822. The maximum Gasteiger partial charge on any atom is 0.101 e. The van der Waals surface area contributed by atoms with Gasteiger partial charge in [0.25, 0.3) is 0 Å². The summed E-state index contributed by atoms with van der Waals surface area (Å²) in [6, 6.07) is 7.16. The Morgan fingerprint density at radius 3 is 2.93 bits per heavy atom. The van der Waals surface area contributed by atoms with Crippen LogP contribution in [0.15, 0.2) is 18.2 Å². The van der Waals surface area contributed by atoms with Crippen molar-refractivity contribution in [3.05, 3.63) is 23.8 Å². The van der Waals surface area contributed by atoms with Crippen LogP contribution >= 0.6 is 0 Å². The minimum Gasteiger partial charge on any atom is -0.399 e. The number of nitriles is 1. The zero-order chi connectivity index (χ0) is 11.3. The quantitative estimate of drug-likeness (QED) is 0.744. The molecule has 0 heterocycles. The molecule has 1 unspecified atom stereocenters. The normalized spacial score (nSPS) is 11.7. The van der Waals surface area contributed by atoms with Gasteiger partial charge in [-0.1, -0.05) is 0 Å². The van der Waals surface area contributed by atoms with Crippen LogP contribution in [0.3, 0.4) is 0 Å². The van der Waals surface area contributed by atoms with Gasteiger partial charge in [-0.15, -0.1) is 0 Å². The van der Waals surface area contributed by atoms with E-state index in [2.05, 4.69) is 11.4 Å². The van der Waals surface area contributed by atoms with E-state index in [1.165, 1.54) is 0 Å². The Labute approximate surface area is 91.5 Å². The van der Waals surface area contributed by atoms with Crippen LogP contribution in [0.1, 0.15) is 5.56 Å². The molecule has 0 radical (unpaired) electrons. The Morgan fingerprint density at radius 1 is 1.60 bits per heavy atom. The summed E-state index contributed by atoms with van der Waals surface area (Å²) in [5.74, 6) is 0.565. The molecule has 0 aliphatic carbocycles. The van der Waals surface area contributed by atoms with Crippen LogP contribution in [0.5, 0.6) is 0 Å². The van der Waals surface area contributed by atoms with Gasteiger partial charge in [0.2, 0.25) is 0 Å². The lowest BCUT2D eigenvalue weighted by Gasteiger charge is -2.07. The fourth-order valence-electron chi connectivity index (χ4n) is 1.14. The first-order valence-corrected chi connectivity index (χ1v) is 6.19. The van der Waals surface area contributed by atoms with Crippen LogP contribution < -0.4 is 11.1 Å². The maximum absolute atomic E-state index is 10.8. The van der Waals surface area contributed by atoms with Crippen molar-refractivity contribution in [3.8, 4) is 6.07 Å². The molecular formula is C10H13N3OS. The third-order valence-corrected chi connectivity index (χ3v) is 2.65. The fraction of sp³-hybridized carbons (Fsp3) is 0.300. The standard InChI is InChI=1S/C10H13N3OS/c1-15(14)5-4-13-10-3-2-9(12)6-8(10)7-11/h2-3,6,13H,4-5,12H2,1H3. The number of nitrogen functional groups attached to an aromatic ring is 1. The van der Waals surface area contributed by atoms with Crippen molar-refractivity contribution in [2.45, 2.75) is 0 Å². The molecule has 1 rings (SSSR count). The van der Waals surface area contributed by atoms with Crippen LogP contribution in [0, 0.1) is 11.3 Å². The van der Waals surface area contributed by atoms with E-state index in [1.54, 1.807) is 24.5 Å². The van der Waals surface area contributed by atoms with E-state index in [-0.39, 0.29) is 0 Å². The van der Waals surface area contributed by atoms with Gasteiger partial charge < -0.3 is 11.1 Å².